The number of furan rings is 1. The average molecular weight is 352 g/mol. The standard InChI is InChI=1S/C20H20N2O4/c1-13-7-8-15(26-13)9-10-19(23)22-18(20(24)25-2)11-14-12-21-17-6-4-3-5-16(14)17/h3-10,12,18,21H,11H2,1-2H3,(H,22,23). The Morgan fingerprint density at radius 1 is 1.27 bits per heavy atom. The monoisotopic (exact) mass is 352 g/mol. The van der Waals surface area contributed by atoms with E-state index in [1.54, 1.807) is 12.1 Å². The van der Waals surface area contributed by atoms with E-state index in [1.807, 2.05) is 43.5 Å². The minimum Gasteiger partial charge on any atom is -0.467 e. The normalized spacial score (nSPS) is 12.4. The van der Waals surface area contributed by atoms with Crippen molar-refractivity contribution in [2.45, 2.75) is 19.4 Å². The molecule has 0 aliphatic rings. The largest absolute Gasteiger partial charge is 0.467 e. The number of ether oxygens (including phenoxy) is 1. The third kappa shape index (κ3) is 4.03. The summed E-state index contributed by atoms with van der Waals surface area (Å²) >= 11 is 0. The quantitative estimate of drug-likeness (QED) is 0.528. The average Bonchev–Trinajstić information content (AvgIpc) is 3.25. The molecule has 0 aliphatic carbocycles. The van der Waals surface area contributed by atoms with Crippen molar-refractivity contribution >= 4 is 28.9 Å². The number of fused-ring (bicyclic) bond motifs is 1. The molecule has 1 atom stereocenters. The summed E-state index contributed by atoms with van der Waals surface area (Å²) in [5.41, 5.74) is 1.91. The highest BCUT2D eigenvalue weighted by Crippen LogP contribution is 2.19. The number of para-hydroxylation sites is 1. The maximum atomic E-state index is 12.2. The molecule has 1 unspecified atom stereocenters. The van der Waals surface area contributed by atoms with Crippen LogP contribution < -0.4 is 5.32 Å². The number of methoxy groups -OCH3 is 1. The zero-order chi connectivity index (χ0) is 18.5. The van der Waals surface area contributed by atoms with Gasteiger partial charge in [0.2, 0.25) is 5.91 Å². The third-order valence-corrected chi connectivity index (χ3v) is 4.06. The summed E-state index contributed by atoms with van der Waals surface area (Å²) in [6.45, 7) is 1.83. The highest BCUT2D eigenvalue weighted by molar-refractivity contribution is 5.94. The third-order valence-electron chi connectivity index (χ3n) is 4.06. The lowest BCUT2D eigenvalue weighted by atomic mass is 10.0. The predicted octanol–water partition coefficient (Wildman–Crippen LogP) is 2.98. The van der Waals surface area contributed by atoms with Crippen LogP contribution in [0.4, 0.5) is 0 Å². The van der Waals surface area contributed by atoms with E-state index in [9.17, 15) is 9.59 Å². The fraction of sp³-hybridized carbons (Fsp3) is 0.200. The molecule has 3 rings (SSSR count). The summed E-state index contributed by atoms with van der Waals surface area (Å²) in [6.07, 6.45) is 5.07. The lowest BCUT2D eigenvalue weighted by Gasteiger charge is -2.15. The van der Waals surface area contributed by atoms with Gasteiger partial charge in [0.15, 0.2) is 0 Å². The van der Waals surface area contributed by atoms with E-state index in [1.165, 1.54) is 13.2 Å². The molecule has 134 valence electrons. The van der Waals surface area contributed by atoms with Gasteiger partial charge in [-0.05, 0) is 36.8 Å². The van der Waals surface area contributed by atoms with Gasteiger partial charge in [-0.1, -0.05) is 18.2 Å². The first-order valence-electron chi connectivity index (χ1n) is 8.24. The summed E-state index contributed by atoms with van der Waals surface area (Å²) in [4.78, 5) is 27.5. The molecule has 0 spiro atoms. The van der Waals surface area contributed by atoms with Gasteiger partial charge in [-0.3, -0.25) is 4.79 Å². The van der Waals surface area contributed by atoms with Crippen molar-refractivity contribution < 1.29 is 18.7 Å². The Labute approximate surface area is 150 Å². The Balaban J connectivity index is 1.72. The zero-order valence-electron chi connectivity index (χ0n) is 14.6. The van der Waals surface area contributed by atoms with Crippen molar-refractivity contribution in [1.82, 2.24) is 10.3 Å². The van der Waals surface area contributed by atoms with Gasteiger partial charge >= 0.3 is 5.97 Å². The minimum atomic E-state index is -0.783. The van der Waals surface area contributed by atoms with Gasteiger partial charge in [-0.15, -0.1) is 0 Å². The molecule has 0 saturated heterocycles. The molecule has 0 fully saturated rings. The summed E-state index contributed by atoms with van der Waals surface area (Å²) in [5.74, 6) is 0.445. The van der Waals surface area contributed by atoms with E-state index < -0.39 is 17.9 Å². The Kier molecular flexibility index (Phi) is 5.22. The van der Waals surface area contributed by atoms with Crippen molar-refractivity contribution in [3.63, 3.8) is 0 Å². The number of aromatic nitrogens is 1. The second-order valence-corrected chi connectivity index (χ2v) is 5.93. The number of carbonyl (C=O) groups excluding carboxylic acids is 2. The van der Waals surface area contributed by atoms with Crippen LogP contribution in [0, 0.1) is 6.92 Å². The molecule has 0 aliphatic heterocycles. The van der Waals surface area contributed by atoms with Crippen LogP contribution in [-0.4, -0.2) is 30.0 Å². The number of nitrogens with one attached hydrogen (secondary N) is 2. The predicted molar refractivity (Wildman–Crippen MR) is 98.4 cm³/mol. The molecule has 1 amide bonds. The molecule has 2 N–H and O–H groups in total. The van der Waals surface area contributed by atoms with Crippen LogP contribution in [0.3, 0.4) is 0 Å². The molecule has 0 bridgehead atoms. The maximum Gasteiger partial charge on any atom is 0.328 e. The van der Waals surface area contributed by atoms with Gasteiger partial charge < -0.3 is 19.5 Å². The molecule has 2 aromatic heterocycles. The second kappa shape index (κ2) is 7.74. The number of benzene rings is 1. The highest BCUT2D eigenvalue weighted by Gasteiger charge is 2.22. The SMILES string of the molecule is COC(=O)C(Cc1c[nH]c2ccccc12)NC(=O)C=Cc1ccc(C)o1. The molecule has 2 heterocycles. The van der Waals surface area contributed by atoms with Gasteiger partial charge in [-0.25, -0.2) is 4.79 Å². The van der Waals surface area contributed by atoms with E-state index in [0.717, 1.165) is 22.2 Å². The van der Waals surface area contributed by atoms with Crippen molar-refractivity contribution in [3.05, 3.63) is 65.8 Å². The molecular formula is C20H20N2O4. The highest BCUT2D eigenvalue weighted by atomic mass is 16.5. The van der Waals surface area contributed by atoms with E-state index in [-0.39, 0.29) is 0 Å². The first-order valence-corrected chi connectivity index (χ1v) is 8.24. The first kappa shape index (κ1) is 17.5. The number of H-pyrrole nitrogens is 1. The van der Waals surface area contributed by atoms with Crippen molar-refractivity contribution in [3.8, 4) is 0 Å². The molecule has 3 aromatic rings. The van der Waals surface area contributed by atoms with E-state index in [0.29, 0.717) is 12.2 Å². The topological polar surface area (TPSA) is 84.3 Å². The molecule has 0 saturated carbocycles. The summed E-state index contributed by atoms with van der Waals surface area (Å²) in [6, 6.07) is 10.6. The van der Waals surface area contributed by atoms with Crippen LogP contribution in [0.2, 0.25) is 0 Å². The zero-order valence-corrected chi connectivity index (χ0v) is 14.6. The van der Waals surface area contributed by atoms with Gasteiger partial charge in [0.25, 0.3) is 0 Å². The maximum absolute atomic E-state index is 12.2. The summed E-state index contributed by atoms with van der Waals surface area (Å²) in [5, 5.41) is 3.70. The van der Waals surface area contributed by atoms with Crippen LogP contribution >= 0.6 is 0 Å². The van der Waals surface area contributed by atoms with Gasteiger partial charge in [0.05, 0.1) is 7.11 Å². The van der Waals surface area contributed by atoms with Crippen molar-refractivity contribution in [2.75, 3.05) is 7.11 Å². The number of amides is 1. The molecule has 6 heteroatoms. The fourth-order valence-electron chi connectivity index (χ4n) is 2.78. The van der Waals surface area contributed by atoms with Crippen molar-refractivity contribution in [1.29, 1.82) is 0 Å². The van der Waals surface area contributed by atoms with Gasteiger partial charge in [0, 0.05) is 29.6 Å². The number of aromatic amines is 1. The van der Waals surface area contributed by atoms with E-state index in [4.69, 9.17) is 9.15 Å². The first-order chi connectivity index (χ1) is 12.6. The van der Waals surface area contributed by atoms with Crippen LogP contribution in [0.25, 0.3) is 17.0 Å². The van der Waals surface area contributed by atoms with Gasteiger partial charge in [0.1, 0.15) is 17.6 Å². The molecule has 6 nitrogen and oxygen atoms in total. The summed E-state index contributed by atoms with van der Waals surface area (Å²) in [7, 11) is 1.30. The Morgan fingerprint density at radius 2 is 2.08 bits per heavy atom. The Morgan fingerprint density at radius 3 is 2.81 bits per heavy atom. The smallest absolute Gasteiger partial charge is 0.328 e. The number of hydrogen-bond acceptors (Lipinski definition) is 4. The number of carbonyl (C=O) groups is 2. The lowest BCUT2D eigenvalue weighted by Crippen LogP contribution is -2.42. The molecule has 26 heavy (non-hydrogen) atoms. The van der Waals surface area contributed by atoms with E-state index >= 15 is 0 Å². The number of rotatable bonds is 6. The van der Waals surface area contributed by atoms with Crippen LogP contribution in [0.1, 0.15) is 17.1 Å². The number of aryl methyl sites for hydroxylation is 1. The van der Waals surface area contributed by atoms with Crippen molar-refractivity contribution in [2.24, 2.45) is 0 Å². The summed E-state index contributed by atoms with van der Waals surface area (Å²) < 4.78 is 10.2. The van der Waals surface area contributed by atoms with Gasteiger partial charge in [-0.2, -0.15) is 0 Å². The van der Waals surface area contributed by atoms with Crippen LogP contribution in [0.15, 0.2) is 53.1 Å². The fourth-order valence-corrected chi connectivity index (χ4v) is 2.78. The number of esters is 1. The Hall–Kier alpha value is -3.28. The van der Waals surface area contributed by atoms with Crippen LogP contribution in [-0.2, 0) is 20.7 Å². The Bertz CT molecular complexity index is 952. The molecular weight excluding hydrogens is 332 g/mol. The lowest BCUT2D eigenvalue weighted by molar-refractivity contribution is -0.144. The minimum absolute atomic E-state index is 0.329. The number of hydrogen-bond donors (Lipinski definition) is 2. The molecule has 1 aromatic carbocycles. The van der Waals surface area contributed by atoms with E-state index in [2.05, 4.69) is 10.3 Å². The molecule has 0 radical (unpaired) electrons. The van der Waals surface area contributed by atoms with Crippen LogP contribution in [0.5, 0.6) is 0 Å². The second-order valence-electron chi connectivity index (χ2n) is 5.93.